The van der Waals surface area contributed by atoms with E-state index in [1.165, 1.54) is 54.5 Å². The summed E-state index contributed by atoms with van der Waals surface area (Å²) in [6, 6.07) is 33.0. The van der Waals surface area contributed by atoms with Gasteiger partial charge in [0.15, 0.2) is 0 Å². The van der Waals surface area contributed by atoms with Crippen molar-refractivity contribution in [3.8, 4) is 0 Å². The zero-order chi connectivity index (χ0) is 18.2. The highest BCUT2D eigenvalue weighted by Gasteiger charge is 2.15. The molecule has 0 bridgehead atoms. The number of hydrogen-bond acceptors (Lipinski definition) is 0. The van der Waals surface area contributed by atoms with Crippen LogP contribution in [0.15, 0.2) is 97.2 Å². The van der Waals surface area contributed by atoms with E-state index in [1.54, 1.807) is 0 Å². The maximum absolute atomic E-state index is 2.44. The van der Waals surface area contributed by atoms with Crippen LogP contribution >= 0.6 is 0 Å². The monoisotopic (exact) mass is 356 g/mol. The number of nitrogens with zero attached hydrogens (tertiary/aromatic N) is 2. The first-order valence-corrected chi connectivity index (χ1v) is 9.64. The molecule has 0 saturated heterocycles. The molecule has 3 aromatic heterocycles. The zero-order valence-electron chi connectivity index (χ0n) is 15.1. The minimum atomic E-state index is 1.23. The molecule has 7 rings (SSSR count). The van der Waals surface area contributed by atoms with E-state index >= 15 is 0 Å². The van der Waals surface area contributed by atoms with E-state index in [9.17, 15) is 0 Å². The predicted octanol–water partition coefficient (Wildman–Crippen LogP) is 6.80. The Kier molecular flexibility index (Phi) is 2.52. The summed E-state index contributed by atoms with van der Waals surface area (Å²) in [6.45, 7) is 0. The molecule has 0 N–H and O–H groups in total. The van der Waals surface area contributed by atoms with E-state index in [0.29, 0.717) is 0 Å². The molecule has 0 spiro atoms. The molecule has 2 nitrogen and oxygen atoms in total. The van der Waals surface area contributed by atoms with Gasteiger partial charge in [-0.25, -0.2) is 0 Å². The summed E-state index contributed by atoms with van der Waals surface area (Å²) < 4.78 is 4.80. The molecular formula is C26H16N2. The molecular weight excluding hydrogens is 340 g/mol. The molecule has 28 heavy (non-hydrogen) atoms. The number of para-hydroxylation sites is 4. The first kappa shape index (κ1) is 14.3. The number of hydrogen-bond donors (Lipinski definition) is 0. The Balaban J connectivity index is 2.04. The van der Waals surface area contributed by atoms with Crippen molar-refractivity contribution >= 4 is 54.5 Å². The van der Waals surface area contributed by atoms with Crippen LogP contribution in [-0.4, -0.2) is 8.80 Å². The van der Waals surface area contributed by atoms with Crippen LogP contribution < -0.4 is 0 Å². The summed E-state index contributed by atoms with van der Waals surface area (Å²) in [7, 11) is 0. The third-order valence-electron chi connectivity index (χ3n) is 6.08. The molecule has 0 aliphatic carbocycles. The maximum atomic E-state index is 2.44. The van der Waals surface area contributed by atoms with Crippen molar-refractivity contribution in [1.82, 2.24) is 8.80 Å². The highest BCUT2D eigenvalue weighted by Crippen LogP contribution is 2.36. The number of rotatable bonds is 0. The Bertz CT molecular complexity index is 1710. The van der Waals surface area contributed by atoms with Gasteiger partial charge in [-0.1, -0.05) is 66.7 Å². The average molecular weight is 356 g/mol. The van der Waals surface area contributed by atoms with Crippen molar-refractivity contribution in [3.05, 3.63) is 97.2 Å². The van der Waals surface area contributed by atoms with Crippen molar-refractivity contribution in [3.63, 3.8) is 0 Å². The average Bonchev–Trinajstić information content (AvgIpc) is 3.32. The SMILES string of the molecule is c1cc2ccn3c4cccc5c6ccccc6n(c6ccccc6c(c1)c23)c54. The summed E-state index contributed by atoms with van der Waals surface area (Å²) in [5, 5.41) is 6.41. The molecule has 0 aliphatic rings. The van der Waals surface area contributed by atoms with E-state index in [-0.39, 0.29) is 0 Å². The van der Waals surface area contributed by atoms with Gasteiger partial charge in [-0.05, 0) is 24.3 Å². The molecule has 0 unspecified atom stereocenters. The Morgan fingerprint density at radius 3 is 1.75 bits per heavy atom. The maximum Gasteiger partial charge on any atom is 0.0782 e. The fourth-order valence-electron chi connectivity index (χ4n) is 4.95. The highest BCUT2D eigenvalue weighted by molar-refractivity contribution is 6.18. The molecule has 0 radical (unpaired) electrons. The minimum absolute atomic E-state index is 1.23. The summed E-state index contributed by atoms with van der Waals surface area (Å²) in [5.74, 6) is 0. The molecule has 3 heterocycles. The van der Waals surface area contributed by atoms with Crippen molar-refractivity contribution < 1.29 is 0 Å². The van der Waals surface area contributed by atoms with Crippen LogP contribution in [-0.2, 0) is 0 Å². The lowest BCUT2D eigenvalue weighted by atomic mass is 10.1. The van der Waals surface area contributed by atoms with E-state index in [2.05, 4.69) is 106 Å². The fraction of sp³-hybridized carbons (Fsp3) is 0. The van der Waals surface area contributed by atoms with E-state index in [1.807, 2.05) is 0 Å². The molecule has 0 fully saturated rings. The molecule has 7 aromatic rings. The van der Waals surface area contributed by atoms with Gasteiger partial charge in [0.25, 0.3) is 0 Å². The van der Waals surface area contributed by atoms with Crippen molar-refractivity contribution in [2.24, 2.45) is 0 Å². The van der Waals surface area contributed by atoms with Crippen LogP contribution in [0.4, 0.5) is 0 Å². The fourth-order valence-corrected chi connectivity index (χ4v) is 4.95. The topological polar surface area (TPSA) is 8.82 Å². The summed E-state index contributed by atoms with van der Waals surface area (Å²) in [6.07, 6.45) is 2.21. The first-order valence-electron chi connectivity index (χ1n) is 9.64. The normalized spacial score (nSPS) is 12.3. The quantitative estimate of drug-likeness (QED) is 0.282. The van der Waals surface area contributed by atoms with Crippen LogP contribution in [0.1, 0.15) is 0 Å². The Labute approximate surface area is 160 Å². The lowest BCUT2D eigenvalue weighted by Crippen LogP contribution is -1.93. The Morgan fingerprint density at radius 2 is 1.00 bits per heavy atom. The highest BCUT2D eigenvalue weighted by atomic mass is 15.0. The van der Waals surface area contributed by atoms with E-state index in [4.69, 9.17) is 0 Å². The number of benzene rings is 4. The second-order valence-corrected chi connectivity index (χ2v) is 7.47. The van der Waals surface area contributed by atoms with Gasteiger partial charge in [-0.15, -0.1) is 0 Å². The Hall–Kier alpha value is -3.78. The molecule has 130 valence electrons. The lowest BCUT2D eigenvalue weighted by Gasteiger charge is -2.10. The standard InChI is InChI=1S/C26H16N2/c1-3-12-22-18(8-1)20-10-5-7-17-15-16-27(25(17)20)24-14-6-11-21-19-9-2-4-13-23(19)28(22)26(21)24/h1-16H. The first-order chi connectivity index (χ1) is 13.9. The molecule has 2 heteroatoms. The van der Waals surface area contributed by atoms with Crippen LogP contribution in [0.2, 0.25) is 0 Å². The minimum Gasteiger partial charge on any atom is -0.314 e. The molecule has 0 aliphatic heterocycles. The third-order valence-corrected chi connectivity index (χ3v) is 6.08. The van der Waals surface area contributed by atoms with Crippen molar-refractivity contribution in [1.29, 1.82) is 0 Å². The van der Waals surface area contributed by atoms with Crippen molar-refractivity contribution in [2.75, 3.05) is 0 Å². The summed E-state index contributed by atoms with van der Waals surface area (Å²) >= 11 is 0. The molecule has 0 atom stereocenters. The summed E-state index contributed by atoms with van der Waals surface area (Å²) in [4.78, 5) is 0. The molecule has 4 aromatic carbocycles. The van der Waals surface area contributed by atoms with Crippen LogP contribution in [0.25, 0.3) is 54.5 Å². The zero-order valence-corrected chi connectivity index (χ0v) is 15.1. The predicted molar refractivity (Wildman–Crippen MR) is 118 cm³/mol. The second-order valence-electron chi connectivity index (χ2n) is 7.47. The number of aromatic nitrogens is 2. The van der Waals surface area contributed by atoms with Gasteiger partial charge in [0.2, 0.25) is 0 Å². The van der Waals surface area contributed by atoms with Gasteiger partial charge in [-0.3, -0.25) is 0 Å². The third kappa shape index (κ3) is 1.59. The van der Waals surface area contributed by atoms with Crippen molar-refractivity contribution in [2.45, 2.75) is 0 Å². The van der Waals surface area contributed by atoms with Gasteiger partial charge in [-0.2, -0.15) is 0 Å². The van der Waals surface area contributed by atoms with Gasteiger partial charge < -0.3 is 8.80 Å². The van der Waals surface area contributed by atoms with Gasteiger partial charge >= 0.3 is 0 Å². The largest absolute Gasteiger partial charge is 0.314 e. The second kappa shape index (κ2) is 4.93. The number of fused-ring (bicyclic) bond motifs is 7. The molecule has 0 amide bonds. The van der Waals surface area contributed by atoms with Crippen LogP contribution in [0.3, 0.4) is 0 Å². The lowest BCUT2D eigenvalue weighted by molar-refractivity contribution is 1.26. The van der Waals surface area contributed by atoms with Crippen LogP contribution in [0, 0.1) is 0 Å². The van der Waals surface area contributed by atoms with Gasteiger partial charge in [0.05, 0.1) is 27.6 Å². The van der Waals surface area contributed by atoms with Gasteiger partial charge in [0.1, 0.15) is 0 Å². The summed E-state index contributed by atoms with van der Waals surface area (Å²) in [5.41, 5.74) is 6.26. The van der Waals surface area contributed by atoms with E-state index in [0.717, 1.165) is 0 Å². The smallest absolute Gasteiger partial charge is 0.0782 e. The van der Waals surface area contributed by atoms with Crippen LogP contribution in [0.5, 0.6) is 0 Å². The Morgan fingerprint density at radius 1 is 0.429 bits per heavy atom. The van der Waals surface area contributed by atoms with E-state index < -0.39 is 0 Å². The van der Waals surface area contributed by atoms with Gasteiger partial charge in [0, 0.05) is 33.1 Å². The molecule has 0 saturated carbocycles.